The standard InChI is InChI=1S/C53H74N8O10/c1-8-24-69-25-23-61(31-39-20-22-45(71-52(68)35(4)5)41(27-39)49(65)56-30-40(55)29-54)32-46(62)58-42(21-19-37-15-11-9-12-16-37)50(66)57-36(6)48(64)60-44(28-38-17-13-10-14-18-38)51(67)59-43(26-34(2)3)47(63)53(7)33-70-53/h9-18,20,22,27,29,34-36,42-44H,8,19,21,23-26,28,30-33,54-55H2,1-7H3,(H,56,65)(H,57,66)(H,58,62)(H,59,67)(H,60,64)/b40-29-/t36-,42-,43-,44-,53+/m0/s1. The van der Waals surface area contributed by atoms with Crippen LogP contribution in [0.4, 0.5) is 0 Å². The van der Waals surface area contributed by atoms with Crippen LogP contribution in [0.1, 0.15) is 94.8 Å². The molecule has 71 heavy (non-hydrogen) atoms. The van der Waals surface area contributed by atoms with E-state index in [1.807, 2.05) is 81.4 Å². The maximum Gasteiger partial charge on any atom is 0.313 e. The van der Waals surface area contributed by atoms with Crippen molar-refractivity contribution in [1.29, 1.82) is 0 Å². The van der Waals surface area contributed by atoms with Gasteiger partial charge >= 0.3 is 5.97 Å². The molecule has 0 radical (unpaired) electrons. The summed E-state index contributed by atoms with van der Waals surface area (Å²) in [6.07, 6.45) is 3.03. The Morgan fingerprint density at radius 2 is 1.42 bits per heavy atom. The van der Waals surface area contributed by atoms with Crippen molar-refractivity contribution in [3.05, 3.63) is 113 Å². The summed E-state index contributed by atoms with van der Waals surface area (Å²) in [5.74, 6) is -4.01. The lowest BCUT2D eigenvalue weighted by Gasteiger charge is -2.27. The van der Waals surface area contributed by atoms with Crippen LogP contribution in [-0.2, 0) is 57.6 Å². The van der Waals surface area contributed by atoms with Crippen molar-refractivity contribution in [2.45, 2.75) is 117 Å². The number of Topliss-reactive ketones (excluding diaryl/α,β-unsaturated/α-hetero) is 1. The number of esters is 1. The quantitative estimate of drug-likeness (QED) is 0.0219. The van der Waals surface area contributed by atoms with Crippen molar-refractivity contribution in [3.8, 4) is 5.75 Å². The summed E-state index contributed by atoms with van der Waals surface area (Å²) < 4.78 is 16.8. The van der Waals surface area contributed by atoms with Crippen LogP contribution < -0.4 is 42.8 Å². The molecule has 5 amide bonds. The lowest BCUT2D eigenvalue weighted by molar-refractivity contribution is -0.137. The largest absolute Gasteiger partial charge is 0.425 e. The number of hydrogen-bond acceptors (Lipinski definition) is 13. The number of nitrogens with zero attached hydrogens (tertiary/aromatic N) is 1. The predicted molar refractivity (Wildman–Crippen MR) is 269 cm³/mol. The summed E-state index contributed by atoms with van der Waals surface area (Å²) >= 11 is 0. The number of carbonyl (C=O) groups excluding carboxylic acids is 7. The Hall–Kier alpha value is -6.63. The molecule has 5 atom stereocenters. The molecular formula is C53H74N8O10. The monoisotopic (exact) mass is 983 g/mol. The molecule has 3 aromatic carbocycles. The summed E-state index contributed by atoms with van der Waals surface area (Å²) in [6, 6.07) is 19.2. The number of amides is 5. The molecule has 386 valence electrons. The molecule has 18 heteroatoms. The minimum absolute atomic E-state index is 0.0432. The van der Waals surface area contributed by atoms with Crippen LogP contribution in [0.5, 0.6) is 5.75 Å². The van der Waals surface area contributed by atoms with E-state index in [2.05, 4.69) is 26.6 Å². The molecule has 1 fully saturated rings. The molecule has 1 saturated heterocycles. The molecule has 1 aliphatic rings. The number of epoxide rings is 1. The second kappa shape index (κ2) is 28.3. The Kier molecular flexibility index (Phi) is 22.7. The highest BCUT2D eigenvalue weighted by atomic mass is 16.6. The Bertz CT molecular complexity index is 2290. The Morgan fingerprint density at radius 3 is 2.03 bits per heavy atom. The first-order valence-corrected chi connectivity index (χ1v) is 24.4. The zero-order chi connectivity index (χ0) is 52.1. The van der Waals surface area contributed by atoms with Crippen LogP contribution in [0, 0.1) is 11.8 Å². The fourth-order valence-electron chi connectivity index (χ4n) is 7.41. The fraction of sp³-hybridized carbons (Fsp3) is 0.491. The average Bonchev–Trinajstić information content (AvgIpc) is 4.10. The van der Waals surface area contributed by atoms with E-state index in [1.54, 1.807) is 37.8 Å². The van der Waals surface area contributed by atoms with Crippen LogP contribution in [0.25, 0.3) is 0 Å². The van der Waals surface area contributed by atoms with E-state index in [1.165, 1.54) is 19.2 Å². The number of ether oxygens (including phenoxy) is 3. The summed E-state index contributed by atoms with van der Waals surface area (Å²) in [6.45, 7) is 13.6. The van der Waals surface area contributed by atoms with Crippen LogP contribution in [0.3, 0.4) is 0 Å². The number of aryl methyl sites for hydroxylation is 1. The Labute approximate surface area is 417 Å². The molecule has 0 aromatic heterocycles. The first-order chi connectivity index (χ1) is 33.8. The van der Waals surface area contributed by atoms with Crippen molar-refractivity contribution >= 4 is 41.3 Å². The summed E-state index contributed by atoms with van der Waals surface area (Å²) in [5, 5.41) is 14.0. The Morgan fingerprint density at radius 1 is 0.789 bits per heavy atom. The van der Waals surface area contributed by atoms with E-state index in [9.17, 15) is 33.6 Å². The highest BCUT2D eigenvalue weighted by Gasteiger charge is 2.50. The molecule has 0 saturated carbocycles. The molecular weight excluding hydrogens is 909 g/mol. The molecule has 0 unspecified atom stereocenters. The predicted octanol–water partition coefficient (Wildman–Crippen LogP) is 3.20. The molecule has 9 N–H and O–H groups in total. The summed E-state index contributed by atoms with van der Waals surface area (Å²) in [7, 11) is 0. The first kappa shape index (κ1) is 57.0. The van der Waals surface area contributed by atoms with Gasteiger partial charge in [-0.05, 0) is 74.3 Å². The normalized spacial score (nSPS) is 16.1. The van der Waals surface area contributed by atoms with Gasteiger partial charge in [0, 0.05) is 38.0 Å². The number of rotatable bonds is 30. The van der Waals surface area contributed by atoms with E-state index in [0.717, 1.165) is 17.5 Å². The van der Waals surface area contributed by atoms with Gasteiger partial charge in [0.2, 0.25) is 23.6 Å². The van der Waals surface area contributed by atoms with Gasteiger partial charge in [0.1, 0.15) is 29.5 Å². The molecule has 4 rings (SSSR count). The van der Waals surface area contributed by atoms with Gasteiger partial charge in [0.05, 0.1) is 43.8 Å². The van der Waals surface area contributed by atoms with Crippen LogP contribution in [0.15, 0.2) is 90.8 Å². The van der Waals surface area contributed by atoms with Crippen molar-refractivity contribution < 1.29 is 47.8 Å². The molecule has 18 nitrogen and oxygen atoms in total. The topological polar surface area (TPSA) is 266 Å². The van der Waals surface area contributed by atoms with Crippen molar-refractivity contribution in [2.24, 2.45) is 23.3 Å². The third-order valence-corrected chi connectivity index (χ3v) is 11.6. The number of benzene rings is 3. The lowest BCUT2D eigenvalue weighted by Crippen LogP contribution is -2.58. The van der Waals surface area contributed by atoms with E-state index in [-0.39, 0.29) is 74.4 Å². The van der Waals surface area contributed by atoms with E-state index < -0.39 is 71.2 Å². The maximum absolute atomic E-state index is 14.2. The highest BCUT2D eigenvalue weighted by molar-refractivity contribution is 5.99. The van der Waals surface area contributed by atoms with Crippen molar-refractivity contribution in [2.75, 3.05) is 39.5 Å². The Balaban J connectivity index is 1.54. The van der Waals surface area contributed by atoms with E-state index in [4.69, 9.17) is 25.7 Å². The van der Waals surface area contributed by atoms with Gasteiger partial charge in [-0.1, -0.05) is 101 Å². The third kappa shape index (κ3) is 19.2. The van der Waals surface area contributed by atoms with Crippen molar-refractivity contribution in [3.63, 3.8) is 0 Å². The lowest BCUT2D eigenvalue weighted by atomic mass is 9.93. The van der Waals surface area contributed by atoms with E-state index >= 15 is 0 Å². The van der Waals surface area contributed by atoms with Crippen LogP contribution >= 0.6 is 0 Å². The SMILES string of the molecule is CCCOCCN(CC(=O)N[C@@H](CCc1ccccc1)C(=O)N[C@@H](C)C(=O)N[C@@H](Cc1ccccc1)C(=O)N[C@@H](CC(C)C)C(=O)[C@@]1(C)CO1)Cc1ccc(OC(=O)C(C)C)c(C(=O)NC/C(N)=C/N)c1. The molecule has 3 aromatic rings. The zero-order valence-electron chi connectivity index (χ0n) is 42.2. The molecule has 0 aliphatic carbocycles. The van der Waals surface area contributed by atoms with Gasteiger partial charge in [0.25, 0.3) is 5.91 Å². The second-order valence-corrected chi connectivity index (χ2v) is 18.9. The van der Waals surface area contributed by atoms with Crippen LogP contribution in [0.2, 0.25) is 0 Å². The van der Waals surface area contributed by atoms with Gasteiger partial charge in [-0.3, -0.25) is 38.5 Å². The van der Waals surface area contributed by atoms with E-state index in [0.29, 0.717) is 31.6 Å². The molecule has 1 aliphatic heterocycles. The van der Waals surface area contributed by atoms with Gasteiger partial charge in [-0.15, -0.1) is 0 Å². The number of carbonyl (C=O) groups is 7. The molecule has 0 spiro atoms. The third-order valence-electron chi connectivity index (χ3n) is 11.6. The van der Waals surface area contributed by atoms with Gasteiger partial charge in [-0.2, -0.15) is 0 Å². The smallest absolute Gasteiger partial charge is 0.313 e. The number of ketones is 1. The summed E-state index contributed by atoms with van der Waals surface area (Å²) in [5.41, 5.74) is 12.9. The average molecular weight is 983 g/mol. The van der Waals surface area contributed by atoms with Gasteiger partial charge in [-0.25, -0.2) is 0 Å². The summed E-state index contributed by atoms with van der Waals surface area (Å²) in [4.78, 5) is 97.4. The highest BCUT2D eigenvalue weighted by Crippen LogP contribution is 2.30. The van der Waals surface area contributed by atoms with Crippen LogP contribution in [-0.4, -0.2) is 115 Å². The number of nitrogens with two attached hydrogens (primary N) is 2. The van der Waals surface area contributed by atoms with Gasteiger partial charge < -0.3 is 52.3 Å². The number of nitrogens with one attached hydrogen (secondary N) is 5. The first-order valence-electron chi connectivity index (χ1n) is 24.4. The van der Waals surface area contributed by atoms with Gasteiger partial charge in [0.15, 0.2) is 5.78 Å². The molecule has 1 heterocycles. The minimum atomic E-state index is -1.15. The minimum Gasteiger partial charge on any atom is -0.425 e. The number of hydrogen-bond donors (Lipinski definition) is 7. The zero-order valence-corrected chi connectivity index (χ0v) is 42.2. The fourth-order valence-corrected chi connectivity index (χ4v) is 7.41. The maximum atomic E-state index is 14.2. The van der Waals surface area contributed by atoms with Crippen molar-refractivity contribution in [1.82, 2.24) is 31.5 Å². The second-order valence-electron chi connectivity index (χ2n) is 18.9. The molecule has 0 bridgehead atoms.